The van der Waals surface area contributed by atoms with Crippen molar-refractivity contribution in [2.75, 3.05) is 10.6 Å². The van der Waals surface area contributed by atoms with Crippen LogP contribution >= 0.6 is 23.2 Å². The molecule has 3 rings (SSSR count). The summed E-state index contributed by atoms with van der Waals surface area (Å²) in [6, 6.07) is 10.8. The number of hydrogen-bond acceptors (Lipinski definition) is 4. The van der Waals surface area contributed by atoms with E-state index < -0.39 is 27.6 Å². The molecule has 2 atom stereocenters. The second-order valence-corrected chi connectivity index (χ2v) is 10.8. The molecule has 0 aromatic heterocycles. The highest BCUT2D eigenvalue weighted by Crippen LogP contribution is 2.42. The van der Waals surface area contributed by atoms with E-state index >= 15 is 0 Å². The quantitative estimate of drug-likeness (QED) is 0.558. The molecule has 0 fully saturated rings. The summed E-state index contributed by atoms with van der Waals surface area (Å²) in [4.78, 5) is 13.3. The van der Waals surface area contributed by atoms with Crippen LogP contribution in [0.4, 0.5) is 5.69 Å². The molecule has 2 aromatic rings. The van der Waals surface area contributed by atoms with Crippen molar-refractivity contribution >= 4 is 44.8 Å². The first-order chi connectivity index (χ1) is 15.0. The van der Waals surface area contributed by atoms with E-state index in [2.05, 4.69) is 19.2 Å². The Morgan fingerprint density at radius 2 is 1.84 bits per heavy atom. The average Bonchev–Trinajstić information content (AvgIpc) is 2.75. The van der Waals surface area contributed by atoms with Gasteiger partial charge in [-0.05, 0) is 44.0 Å². The number of fused-ring (bicyclic) bond motifs is 1. The number of nitrogens with zero attached hydrogens (tertiary/aromatic N) is 1. The van der Waals surface area contributed by atoms with E-state index in [1.54, 1.807) is 6.92 Å². The second-order valence-electron chi connectivity index (χ2n) is 8.13. The SMILES string of the molecule is CCC1(CC)C[C@@H](NC(=O)[C@@H](C)N(c2ccc(Cl)c(Cl)c2)S(C)(=O)=O)c2ccccc2O1. The van der Waals surface area contributed by atoms with Crippen molar-refractivity contribution in [2.24, 2.45) is 0 Å². The topological polar surface area (TPSA) is 75.7 Å². The van der Waals surface area contributed by atoms with Gasteiger partial charge < -0.3 is 10.1 Å². The van der Waals surface area contributed by atoms with Crippen LogP contribution in [0.3, 0.4) is 0 Å². The molecule has 1 N–H and O–H groups in total. The third-order valence-electron chi connectivity index (χ3n) is 6.05. The van der Waals surface area contributed by atoms with E-state index in [0.29, 0.717) is 11.4 Å². The third kappa shape index (κ3) is 5.00. The molecule has 0 spiro atoms. The van der Waals surface area contributed by atoms with Crippen LogP contribution in [0.1, 0.15) is 51.6 Å². The van der Waals surface area contributed by atoms with Gasteiger partial charge in [-0.2, -0.15) is 0 Å². The predicted octanol–water partition coefficient (Wildman–Crippen LogP) is 5.35. The Kier molecular flexibility index (Phi) is 7.32. The monoisotopic (exact) mass is 498 g/mol. The van der Waals surface area contributed by atoms with Crippen LogP contribution in [0.5, 0.6) is 5.75 Å². The minimum absolute atomic E-state index is 0.208. The van der Waals surface area contributed by atoms with Gasteiger partial charge in [0.2, 0.25) is 15.9 Å². The summed E-state index contributed by atoms with van der Waals surface area (Å²) in [7, 11) is -3.78. The molecule has 32 heavy (non-hydrogen) atoms. The molecule has 0 aliphatic carbocycles. The smallest absolute Gasteiger partial charge is 0.244 e. The summed E-state index contributed by atoms with van der Waals surface area (Å²) >= 11 is 12.1. The van der Waals surface area contributed by atoms with Crippen molar-refractivity contribution in [3.05, 3.63) is 58.1 Å². The minimum Gasteiger partial charge on any atom is -0.487 e. The van der Waals surface area contributed by atoms with E-state index in [-0.39, 0.29) is 16.8 Å². The number of sulfonamides is 1. The van der Waals surface area contributed by atoms with Crippen LogP contribution in [0.2, 0.25) is 10.0 Å². The first kappa shape index (κ1) is 24.7. The lowest BCUT2D eigenvalue weighted by atomic mass is 9.83. The Morgan fingerprint density at radius 3 is 2.44 bits per heavy atom. The summed E-state index contributed by atoms with van der Waals surface area (Å²) < 4.78 is 32.6. The summed E-state index contributed by atoms with van der Waals surface area (Å²) in [5.74, 6) is 0.328. The van der Waals surface area contributed by atoms with Gasteiger partial charge in [-0.25, -0.2) is 8.42 Å². The zero-order chi connectivity index (χ0) is 23.7. The van der Waals surface area contributed by atoms with Gasteiger partial charge in [0.1, 0.15) is 17.4 Å². The number of halogens is 2. The molecule has 0 saturated heterocycles. The van der Waals surface area contributed by atoms with Crippen LogP contribution < -0.4 is 14.4 Å². The average molecular weight is 499 g/mol. The maximum atomic E-state index is 13.3. The van der Waals surface area contributed by atoms with E-state index in [1.807, 2.05) is 24.3 Å². The van der Waals surface area contributed by atoms with E-state index in [0.717, 1.165) is 34.7 Å². The van der Waals surface area contributed by atoms with Gasteiger partial charge >= 0.3 is 0 Å². The fourth-order valence-electron chi connectivity index (χ4n) is 4.15. The van der Waals surface area contributed by atoms with Crippen LogP contribution in [-0.2, 0) is 14.8 Å². The molecule has 2 aromatic carbocycles. The molecule has 9 heteroatoms. The molecule has 1 aliphatic heterocycles. The molecule has 6 nitrogen and oxygen atoms in total. The summed E-state index contributed by atoms with van der Waals surface area (Å²) in [5, 5.41) is 3.57. The largest absolute Gasteiger partial charge is 0.487 e. The lowest BCUT2D eigenvalue weighted by Gasteiger charge is -2.42. The first-order valence-electron chi connectivity index (χ1n) is 10.5. The van der Waals surface area contributed by atoms with E-state index in [4.69, 9.17) is 27.9 Å². The van der Waals surface area contributed by atoms with Crippen molar-refractivity contribution in [2.45, 2.75) is 57.7 Å². The highest BCUT2D eigenvalue weighted by molar-refractivity contribution is 7.92. The second kappa shape index (κ2) is 9.49. The lowest BCUT2D eigenvalue weighted by molar-refractivity contribution is -0.123. The van der Waals surface area contributed by atoms with Gasteiger partial charge in [0, 0.05) is 12.0 Å². The van der Waals surface area contributed by atoms with Crippen molar-refractivity contribution in [3.63, 3.8) is 0 Å². The summed E-state index contributed by atoms with van der Waals surface area (Å²) in [6.45, 7) is 5.68. The fraction of sp³-hybridized carbons (Fsp3) is 0.435. The number of carbonyl (C=O) groups excluding carboxylic acids is 1. The number of benzene rings is 2. The number of ether oxygens (including phenoxy) is 1. The molecule has 1 amide bonds. The molecule has 174 valence electrons. The number of nitrogens with one attached hydrogen (secondary N) is 1. The van der Waals surface area contributed by atoms with Gasteiger partial charge in [0.05, 0.1) is 28.0 Å². The lowest BCUT2D eigenvalue weighted by Crippen LogP contribution is -2.51. The number of hydrogen-bond donors (Lipinski definition) is 1. The predicted molar refractivity (Wildman–Crippen MR) is 129 cm³/mol. The Morgan fingerprint density at radius 1 is 1.19 bits per heavy atom. The van der Waals surface area contributed by atoms with Crippen LogP contribution in [0.25, 0.3) is 0 Å². The van der Waals surface area contributed by atoms with Gasteiger partial charge in [0.25, 0.3) is 0 Å². The Hall–Kier alpha value is -1.96. The minimum atomic E-state index is -3.78. The Balaban J connectivity index is 1.92. The van der Waals surface area contributed by atoms with Crippen LogP contribution in [-0.4, -0.2) is 32.2 Å². The number of para-hydroxylation sites is 1. The highest BCUT2D eigenvalue weighted by Gasteiger charge is 2.40. The standard InChI is InChI=1S/C23H28Cl2N2O4S/c1-5-23(6-2)14-20(17-9-7-8-10-21(17)31-23)26-22(28)15(3)27(32(4,29)30)16-11-12-18(24)19(25)13-16/h7-13,15,20H,5-6,14H2,1-4H3,(H,26,28)/t15-,20-/m1/s1. The van der Waals surface area contributed by atoms with Gasteiger partial charge in [-0.1, -0.05) is 55.2 Å². The molecule has 0 unspecified atom stereocenters. The highest BCUT2D eigenvalue weighted by atomic mass is 35.5. The maximum absolute atomic E-state index is 13.3. The third-order valence-corrected chi connectivity index (χ3v) is 8.03. The zero-order valence-electron chi connectivity index (χ0n) is 18.6. The van der Waals surface area contributed by atoms with Crippen molar-refractivity contribution in [1.82, 2.24) is 5.32 Å². The summed E-state index contributed by atoms with van der Waals surface area (Å²) in [6.07, 6.45) is 3.24. The zero-order valence-corrected chi connectivity index (χ0v) is 20.9. The normalized spacial score (nSPS) is 18.2. The van der Waals surface area contributed by atoms with Gasteiger partial charge in [-0.15, -0.1) is 0 Å². The van der Waals surface area contributed by atoms with E-state index in [9.17, 15) is 13.2 Å². The molecule has 0 bridgehead atoms. The van der Waals surface area contributed by atoms with Gasteiger partial charge in [0.15, 0.2) is 0 Å². The number of rotatable bonds is 7. The Labute approximate surface area is 199 Å². The first-order valence-corrected chi connectivity index (χ1v) is 13.1. The number of anilines is 1. The molecule has 0 saturated carbocycles. The Bertz CT molecular complexity index is 1100. The van der Waals surface area contributed by atoms with Crippen LogP contribution in [0.15, 0.2) is 42.5 Å². The molecule has 0 radical (unpaired) electrons. The molecular formula is C23H28Cl2N2O4S. The van der Waals surface area contributed by atoms with E-state index in [1.165, 1.54) is 18.2 Å². The number of carbonyl (C=O) groups is 1. The fourth-order valence-corrected chi connectivity index (χ4v) is 5.61. The van der Waals surface area contributed by atoms with Crippen molar-refractivity contribution < 1.29 is 17.9 Å². The van der Waals surface area contributed by atoms with Gasteiger partial charge in [-0.3, -0.25) is 9.10 Å². The van der Waals surface area contributed by atoms with Crippen LogP contribution in [0, 0.1) is 0 Å². The van der Waals surface area contributed by atoms with Crippen molar-refractivity contribution in [1.29, 1.82) is 0 Å². The summed E-state index contributed by atoms with van der Waals surface area (Å²) in [5.41, 5.74) is 0.759. The molecular weight excluding hydrogens is 471 g/mol. The number of amides is 1. The molecule has 1 aliphatic rings. The molecule has 1 heterocycles. The maximum Gasteiger partial charge on any atom is 0.244 e. The van der Waals surface area contributed by atoms with Crippen molar-refractivity contribution in [3.8, 4) is 5.75 Å².